The molecule has 14 nitrogen and oxygen atoms in total. The average Bonchev–Trinajstić information content (AvgIpc) is 3.00. The third-order valence-corrected chi connectivity index (χ3v) is 5.33. The van der Waals surface area contributed by atoms with Crippen LogP contribution in [0.3, 0.4) is 0 Å². The number of rotatable bonds is 27. The van der Waals surface area contributed by atoms with Crippen LogP contribution in [0.2, 0.25) is 0 Å². The maximum absolute atomic E-state index is 9.17. The van der Waals surface area contributed by atoms with Crippen LogP contribution in [0.4, 0.5) is 0 Å². The lowest BCUT2D eigenvalue weighted by Gasteiger charge is -2.40. The van der Waals surface area contributed by atoms with Crippen molar-refractivity contribution in [2.24, 2.45) is 0 Å². The molecule has 0 aromatic carbocycles. The summed E-state index contributed by atoms with van der Waals surface area (Å²) in [5.74, 6) is 0. The van der Waals surface area contributed by atoms with Crippen LogP contribution >= 0.6 is 0 Å². The molecule has 4 unspecified atom stereocenters. The summed E-state index contributed by atoms with van der Waals surface area (Å²) in [6, 6.07) is 14.0. The van der Waals surface area contributed by atoms with E-state index < -0.39 is 30.5 Å². The highest BCUT2D eigenvalue weighted by molar-refractivity contribution is 4.92. The van der Waals surface area contributed by atoms with Crippen LogP contribution in [0.15, 0.2) is 0 Å². The lowest BCUT2D eigenvalue weighted by atomic mass is 9.98. The van der Waals surface area contributed by atoms with E-state index in [-0.39, 0.29) is 104 Å². The molecule has 4 atom stereocenters. The Hall–Kier alpha value is -3.85. The molecule has 0 saturated heterocycles. The number of hydrogen-bond acceptors (Lipinski definition) is 14. The van der Waals surface area contributed by atoms with E-state index in [1.807, 2.05) is 42.5 Å². The first-order valence-corrected chi connectivity index (χ1v) is 13.5. The Kier molecular flexibility index (Phi) is 26.0. The average molecular weight is 584 g/mol. The molecular weight excluding hydrogens is 546 g/mol. The van der Waals surface area contributed by atoms with Crippen molar-refractivity contribution in [1.82, 2.24) is 0 Å². The van der Waals surface area contributed by atoms with Gasteiger partial charge in [-0.05, 0) is 0 Å². The van der Waals surface area contributed by atoms with Gasteiger partial charge < -0.3 is 33.2 Å². The summed E-state index contributed by atoms with van der Waals surface area (Å²) in [5.41, 5.74) is 0. The van der Waals surface area contributed by atoms with E-state index in [9.17, 15) is 5.26 Å². The summed E-state index contributed by atoms with van der Waals surface area (Å²) < 4.78 is 41.6. The lowest BCUT2D eigenvalue weighted by Crippen LogP contribution is -2.56. The van der Waals surface area contributed by atoms with Gasteiger partial charge in [0, 0.05) is 0 Å². The highest BCUT2D eigenvalue weighted by atomic mass is 16.6. The molecule has 0 heterocycles. The summed E-state index contributed by atoms with van der Waals surface area (Å²) in [7, 11) is 0. The Bertz CT molecular complexity index is 928. The van der Waals surface area contributed by atoms with Crippen LogP contribution in [0, 0.1) is 79.3 Å². The molecule has 0 aromatic rings. The molecule has 0 aliphatic heterocycles. The summed E-state index contributed by atoms with van der Waals surface area (Å²) in [5, 5.41) is 63.4. The molecule has 42 heavy (non-hydrogen) atoms. The minimum atomic E-state index is -1.03. The normalized spacial score (nSPS) is 13.8. The molecule has 0 amide bonds. The zero-order valence-corrected chi connectivity index (χ0v) is 23.7. The van der Waals surface area contributed by atoms with Crippen molar-refractivity contribution in [3.63, 3.8) is 0 Å². The Morgan fingerprint density at radius 3 is 0.905 bits per heavy atom. The first-order chi connectivity index (χ1) is 20.6. The van der Waals surface area contributed by atoms with Gasteiger partial charge in [-0.25, -0.2) is 0 Å². The van der Waals surface area contributed by atoms with Crippen molar-refractivity contribution >= 4 is 0 Å². The van der Waals surface area contributed by atoms with E-state index >= 15 is 0 Å². The molecule has 0 bridgehead atoms. The Labute approximate surface area is 247 Å². The molecule has 0 radical (unpaired) electrons. The van der Waals surface area contributed by atoms with Crippen LogP contribution in [0.25, 0.3) is 0 Å². The van der Waals surface area contributed by atoms with E-state index in [4.69, 9.17) is 64.7 Å². The Morgan fingerprint density at radius 2 is 0.595 bits per heavy atom. The SMILES string of the molecule is N#CCCOCC(OCCC#N)C(OCCC#N)C(OCCC#N)C(OCCC#N)C(COCCC#N)OCCC#N. The lowest BCUT2D eigenvalue weighted by molar-refractivity contribution is -0.214. The predicted molar refractivity (Wildman–Crippen MR) is 142 cm³/mol. The monoisotopic (exact) mass is 583 g/mol. The molecule has 14 heteroatoms. The molecule has 0 aliphatic carbocycles. The van der Waals surface area contributed by atoms with E-state index in [1.54, 1.807) is 0 Å². The second-order valence-corrected chi connectivity index (χ2v) is 8.33. The van der Waals surface area contributed by atoms with Gasteiger partial charge in [-0.3, -0.25) is 0 Å². The van der Waals surface area contributed by atoms with Crippen molar-refractivity contribution in [1.29, 1.82) is 36.8 Å². The van der Waals surface area contributed by atoms with Crippen LogP contribution in [-0.4, -0.2) is 90.0 Å². The van der Waals surface area contributed by atoms with Crippen LogP contribution in [0.1, 0.15) is 44.9 Å². The fraction of sp³-hybridized carbons (Fsp3) is 0.750. The van der Waals surface area contributed by atoms with E-state index in [1.165, 1.54) is 0 Å². The van der Waals surface area contributed by atoms with Gasteiger partial charge in [-0.2, -0.15) is 36.8 Å². The van der Waals surface area contributed by atoms with Gasteiger partial charge in [-0.1, -0.05) is 0 Å². The van der Waals surface area contributed by atoms with Crippen LogP contribution in [0.5, 0.6) is 0 Å². The minimum Gasteiger partial charge on any atom is -0.378 e. The molecule has 0 spiro atoms. The fourth-order valence-electron chi connectivity index (χ4n) is 3.55. The maximum Gasteiger partial charge on any atom is 0.115 e. The Balaban J connectivity index is 6.63. The van der Waals surface area contributed by atoms with Gasteiger partial charge in [0.15, 0.2) is 0 Å². The Morgan fingerprint density at radius 1 is 0.333 bits per heavy atom. The van der Waals surface area contributed by atoms with E-state index in [2.05, 4.69) is 0 Å². The van der Waals surface area contributed by atoms with Crippen LogP contribution in [-0.2, 0) is 33.2 Å². The van der Waals surface area contributed by atoms with Gasteiger partial charge in [-0.15, -0.1) is 0 Å². The van der Waals surface area contributed by atoms with Gasteiger partial charge in [0.25, 0.3) is 0 Å². The minimum absolute atomic E-state index is 0.0174. The molecule has 0 fully saturated rings. The molecular formula is C28H37N7O7. The zero-order chi connectivity index (χ0) is 31.1. The van der Waals surface area contributed by atoms with Gasteiger partial charge in [0.2, 0.25) is 0 Å². The van der Waals surface area contributed by atoms with E-state index in [0.717, 1.165) is 0 Å². The van der Waals surface area contributed by atoms with Gasteiger partial charge in [0.05, 0.1) is 147 Å². The maximum atomic E-state index is 9.17. The van der Waals surface area contributed by atoms with E-state index in [0.29, 0.717) is 0 Å². The largest absolute Gasteiger partial charge is 0.378 e. The highest BCUT2D eigenvalue weighted by Crippen LogP contribution is 2.24. The third kappa shape index (κ3) is 18.5. The number of hydrogen-bond donors (Lipinski definition) is 0. The number of ether oxygens (including phenoxy) is 7. The van der Waals surface area contributed by atoms with Gasteiger partial charge in [0.1, 0.15) is 30.5 Å². The first kappa shape index (κ1) is 38.1. The summed E-state index contributed by atoms with van der Waals surface area (Å²) in [6.07, 6.45) is -4.31. The topological polar surface area (TPSA) is 231 Å². The second-order valence-electron chi connectivity index (χ2n) is 8.33. The second kappa shape index (κ2) is 28.7. The highest BCUT2D eigenvalue weighted by Gasteiger charge is 2.42. The third-order valence-electron chi connectivity index (χ3n) is 5.33. The number of nitrogens with zero attached hydrogens (tertiary/aromatic N) is 7. The quantitative estimate of drug-likeness (QED) is 0.126. The standard InChI is InChI=1S/C28H37N7O7/c29-8-1-15-36-22-24(38-17-3-10-31)26(40-19-5-12-33)28(42-21-7-14-35)27(41-20-6-13-34)25(39-18-4-11-32)23-37-16-2-9-30/h24-28H,1-7,15-23H2. The summed E-state index contributed by atoms with van der Waals surface area (Å²) in [4.78, 5) is 0. The van der Waals surface area contributed by atoms with Crippen LogP contribution < -0.4 is 0 Å². The van der Waals surface area contributed by atoms with Crippen molar-refractivity contribution in [2.45, 2.75) is 75.5 Å². The summed E-state index contributed by atoms with van der Waals surface area (Å²) in [6.45, 7) is 0.0205. The molecule has 0 rings (SSSR count). The number of nitriles is 7. The van der Waals surface area contributed by atoms with Crippen molar-refractivity contribution in [2.75, 3.05) is 59.5 Å². The smallest absolute Gasteiger partial charge is 0.115 e. The van der Waals surface area contributed by atoms with Gasteiger partial charge >= 0.3 is 0 Å². The predicted octanol–water partition coefficient (Wildman–Crippen LogP) is 2.34. The zero-order valence-electron chi connectivity index (χ0n) is 23.7. The van der Waals surface area contributed by atoms with Crippen molar-refractivity contribution < 1.29 is 33.2 Å². The first-order valence-electron chi connectivity index (χ1n) is 13.5. The molecule has 0 aromatic heterocycles. The van der Waals surface area contributed by atoms with Crippen molar-refractivity contribution in [3.05, 3.63) is 0 Å². The molecule has 0 N–H and O–H groups in total. The molecule has 226 valence electrons. The summed E-state index contributed by atoms with van der Waals surface area (Å²) >= 11 is 0. The fourth-order valence-corrected chi connectivity index (χ4v) is 3.55. The molecule has 0 aliphatic rings. The molecule has 0 saturated carbocycles. The van der Waals surface area contributed by atoms with Crippen molar-refractivity contribution in [3.8, 4) is 42.5 Å².